The van der Waals surface area contributed by atoms with Gasteiger partial charge in [-0.1, -0.05) is 22.0 Å². The van der Waals surface area contributed by atoms with Crippen LogP contribution in [0.25, 0.3) is 10.9 Å². The highest BCUT2D eigenvalue weighted by atomic mass is 79.9. The SMILES string of the molecule is COc1cc(Nc2nccc(Nc3cnc4cc(Br)ccc4c3)n2)ccc1O. The number of aromatic nitrogens is 3. The van der Waals surface area contributed by atoms with Gasteiger partial charge in [0.05, 0.1) is 24.5 Å². The second-order valence-corrected chi connectivity index (χ2v) is 6.88. The van der Waals surface area contributed by atoms with Crippen LogP contribution in [0.15, 0.2) is 65.4 Å². The van der Waals surface area contributed by atoms with Crippen LogP contribution in [0.2, 0.25) is 0 Å². The molecule has 4 rings (SSSR count). The van der Waals surface area contributed by atoms with Crippen LogP contribution in [0, 0.1) is 0 Å². The Morgan fingerprint density at radius 2 is 1.86 bits per heavy atom. The van der Waals surface area contributed by atoms with Crippen LogP contribution in [-0.4, -0.2) is 27.2 Å². The summed E-state index contributed by atoms with van der Waals surface area (Å²) in [5, 5.41) is 17.1. The minimum absolute atomic E-state index is 0.0696. The molecule has 0 spiro atoms. The first-order valence-electron chi connectivity index (χ1n) is 8.40. The van der Waals surface area contributed by atoms with Crippen molar-refractivity contribution in [1.82, 2.24) is 15.0 Å². The van der Waals surface area contributed by atoms with Crippen LogP contribution in [0.1, 0.15) is 0 Å². The standard InChI is InChI=1S/C20H16BrN5O2/c1-28-18-10-14(4-5-17(18)27)25-20-22-7-6-19(26-20)24-15-8-12-2-3-13(21)9-16(12)23-11-15/h2-11,27H,1H3,(H2,22,24,25,26). The second kappa shape index (κ2) is 7.69. The third kappa shape index (κ3) is 3.96. The molecule has 4 aromatic rings. The zero-order valence-corrected chi connectivity index (χ0v) is 16.4. The molecule has 2 aromatic heterocycles. The molecule has 28 heavy (non-hydrogen) atoms. The van der Waals surface area contributed by atoms with E-state index in [-0.39, 0.29) is 5.75 Å². The quantitative estimate of drug-likeness (QED) is 0.378. The van der Waals surface area contributed by atoms with Crippen LogP contribution in [-0.2, 0) is 0 Å². The average Bonchev–Trinajstić information content (AvgIpc) is 2.70. The van der Waals surface area contributed by atoms with E-state index in [0.717, 1.165) is 21.1 Å². The maximum atomic E-state index is 9.70. The van der Waals surface area contributed by atoms with Crippen molar-refractivity contribution in [3.05, 3.63) is 65.4 Å². The number of nitrogens with zero attached hydrogens (tertiary/aromatic N) is 3. The van der Waals surface area contributed by atoms with Crippen molar-refractivity contribution in [2.45, 2.75) is 0 Å². The summed E-state index contributed by atoms with van der Waals surface area (Å²) in [6.07, 6.45) is 3.41. The van der Waals surface area contributed by atoms with E-state index in [4.69, 9.17) is 4.74 Å². The van der Waals surface area contributed by atoms with Crippen molar-refractivity contribution in [3.8, 4) is 11.5 Å². The van der Waals surface area contributed by atoms with Crippen molar-refractivity contribution >= 4 is 50.0 Å². The van der Waals surface area contributed by atoms with E-state index >= 15 is 0 Å². The van der Waals surface area contributed by atoms with Gasteiger partial charge in [-0.2, -0.15) is 4.98 Å². The fourth-order valence-electron chi connectivity index (χ4n) is 2.68. The number of anilines is 4. The number of rotatable bonds is 5. The molecular formula is C20H16BrN5O2. The summed E-state index contributed by atoms with van der Waals surface area (Å²) in [5.41, 5.74) is 2.43. The van der Waals surface area contributed by atoms with Gasteiger partial charge < -0.3 is 20.5 Å². The fourth-order valence-corrected chi connectivity index (χ4v) is 3.03. The first-order valence-corrected chi connectivity index (χ1v) is 9.19. The molecule has 0 fully saturated rings. The van der Waals surface area contributed by atoms with Gasteiger partial charge in [0.25, 0.3) is 0 Å². The van der Waals surface area contributed by atoms with E-state index in [1.54, 1.807) is 36.7 Å². The summed E-state index contributed by atoms with van der Waals surface area (Å²) in [6.45, 7) is 0. The number of phenols is 1. The van der Waals surface area contributed by atoms with Crippen molar-refractivity contribution in [3.63, 3.8) is 0 Å². The molecule has 0 amide bonds. The molecule has 0 saturated heterocycles. The van der Waals surface area contributed by atoms with Crippen LogP contribution >= 0.6 is 15.9 Å². The Balaban J connectivity index is 1.54. The normalized spacial score (nSPS) is 10.6. The highest BCUT2D eigenvalue weighted by Gasteiger charge is 2.06. The van der Waals surface area contributed by atoms with Gasteiger partial charge in [0.15, 0.2) is 11.5 Å². The Kier molecular flexibility index (Phi) is 4.94. The number of hydrogen-bond acceptors (Lipinski definition) is 7. The highest BCUT2D eigenvalue weighted by molar-refractivity contribution is 9.10. The number of nitrogens with one attached hydrogen (secondary N) is 2. The van der Waals surface area contributed by atoms with E-state index in [0.29, 0.717) is 23.2 Å². The number of fused-ring (bicyclic) bond motifs is 1. The van der Waals surface area contributed by atoms with Gasteiger partial charge >= 0.3 is 0 Å². The van der Waals surface area contributed by atoms with Crippen LogP contribution in [0.5, 0.6) is 11.5 Å². The molecule has 8 heteroatoms. The third-order valence-electron chi connectivity index (χ3n) is 4.01. The molecule has 0 aliphatic heterocycles. The zero-order chi connectivity index (χ0) is 19.5. The molecule has 140 valence electrons. The summed E-state index contributed by atoms with van der Waals surface area (Å²) in [5.74, 6) is 1.48. The first-order chi connectivity index (χ1) is 13.6. The summed E-state index contributed by atoms with van der Waals surface area (Å²) < 4.78 is 6.11. The summed E-state index contributed by atoms with van der Waals surface area (Å²) in [4.78, 5) is 13.2. The largest absolute Gasteiger partial charge is 0.504 e. The second-order valence-electron chi connectivity index (χ2n) is 5.96. The average molecular weight is 438 g/mol. The minimum atomic E-state index is 0.0696. The van der Waals surface area contributed by atoms with E-state index in [2.05, 4.69) is 41.5 Å². The number of benzene rings is 2. The molecular weight excluding hydrogens is 422 g/mol. The molecule has 3 N–H and O–H groups in total. The number of halogens is 1. The number of pyridine rings is 1. The lowest BCUT2D eigenvalue weighted by Gasteiger charge is -2.10. The number of aromatic hydroxyl groups is 1. The Labute approximate surface area is 169 Å². The maximum absolute atomic E-state index is 9.70. The Hall–Kier alpha value is -3.39. The van der Waals surface area contributed by atoms with E-state index in [1.165, 1.54) is 7.11 Å². The van der Waals surface area contributed by atoms with Crippen molar-refractivity contribution in [2.75, 3.05) is 17.7 Å². The molecule has 0 radical (unpaired) electrons. The van der Waals surface area contributed by atoms with Crippen LogP contribution in [0.3, 0.4) is 0 Å². The van der Waals surface area contributed by atoms with Gasteiger partial charge in [-0.05, 0) is 36.4 Å². The molecule has 0 aliphatic rings. The predicted octanol–water partition coefficient (Wildman–Crippen LogP) is 4.99. The lowest BCUT2D eigenvalue weighted by atomic mass is 10.2. The molecule has 0 bridgehead atoms. The van der Waals surface area contributed by atoms with Gasteiger partial charge in [-0.25, -0.2) is 4.98 Å². The molecule has 2 heterocycles. The van der Waals surface area contributed by atoms with Crippen LogP contribution in [0.4, 0.5) is 23.1 Å². The smallest absolute Gasteiger partial charge is 0.229 e. The maximum Gasteiger partial charge on any atom is 0.229 e. The third-order valence-corrected chi connectivity index (χ3v) is 4.50. The van der Waals surface area contributed by atoms with Gasteiger partial charge in [0.1, 0.15) is 5.82 Å². The summed E-state index contributed by atoms with van der Waals surface area (Å²) in [6, 6.07) is 14.7. The molecule has 2 aromatic carbocycles. The number of hydrogen-bond donors (Lipinski definition) is 3. The van der Waals surface area contributed by atoms with Crippen molar-refractivity contribution < 1.29 is 9.84 Å². The predicted molar refractivity (Wildman–Crippen MR) is 113 cm³/mol. The van der Waals surface area contributed by atoms with Crippen molar-refractivity contribution in [2.24, 2.45) is 0 Å². The monoisotopic (exact) mass is 437 g/mol. The summed E-state index contributed by atoms with van der Waals surface area (Å²) in [7, 11) is 1.50. The zero-order valence-electron chi connectivity index (χ0n) is 14.8. The van der Waals surface area contributed by atoms with E-state index in [9.17, 15) is 5.11 Å². The van der Waals surface area contributed by atoms with E-state index in [1.807, 2.05) is 24.3 Å². The van der Waals surface area contributed by atoms with Gasteiger partial charge in [0.2, 0.25) is 5.95 Å². The minimum Gasteiger partial charge on any atom is -0.504 e. The van der Waals surface area contributed by atoms with Gasteiger partial charge in [-0.15, -0.1) is 0 Å². The van der Waals surface area contributed by atoms with Crippen LogP contribution < -0.4 is 15.4 Å². The Morgan fingerprint density at radius 3 is 2.71 bits per heavy atom. The Bertz CT molecular complexity index is 1150. The molecule has 7 nitrogen and oxygen atoms in total. The fraction of sp³-hybridized carbons (Fsp3) is 0.0500. The number of methoxy groups -OCH3 is 1. The lowest BCUT2D eigenvalue weighted by Crippen LogP contribution is -2.01. The van der Waals surface area contributed by atoms with E-state index < -0.39 is 0 Å². The highest BCUT2D eigenvalue weighted by Crippen LogP contribution is 2.30. The molecule has 0 atom stereocenters. The Morgan fingerprint density at radius 1 is 0.964 bits per heavy atom. The molecule has 0 aliphatic carbocycles. The topological polar surface area (TPSA) is 92.2 Å². The van der Waals surface area contributed by atoms with Gasteiger partial charge in [-0.3, -0.25) is 4.98 Å². The van der Waals surface area contributed by atoms with Gasteiger partial charge in [0, 0.05) is 27.8 Å². The first kappa shape index (κ1) is 18.0. The summed E-state index contributed by atoms with van der Waals surface area (Å²) >= 11 is 3.45. The number of phenolic OH excluding ortho intramolecular Hbond substituents is 1. The molecule has 0 saturated carbocycles. The lowest BCUT2D eigenvalue weighted by molar-refractivity contribution is 0.374. The van der Waals surface area contributed by atoms with Crippen molar-refractivity contribution in [1.29, 1.82) is 0 Å². The number of ether oxygens (including phenoxy) is 1. The molecule has 0 unspecified atom stereocenters.